The lowest BCUT2D eigenvalue weighted by Gasteiger charge is -2.19. The fraction of sp³-hybridized carbons (Fsp3) is 0.273. The van der Waals surface area contributed by atoms with E-state index in [1.807, 2.05) is 0 Å². The molecular formula is C11H14FN2+. The van der Waals surface area contributed by atoms with Crippen molar-refractivity contribution in [1.29, 1.82) is 0 Å². The van der Waals surface area contributed by atoms with Crippen LogP contribution in [0.4, 0.5) is 4.39 Å². The predicted octanol–water partition coefficient (Wildman–Crippen LogP) is 0.113. The summed E-state index contributed by atoms with van der Waals surface area (Å²) in [6, 6.07) is 6.58. The summed E-state index contributed by atoms with van der Waals surface area (Å²) in [6.45, 7) is 1.86. The molecule has 1 heterocycles. The summed E-state index contributed by atoms with van der Waals surface area (Å²) in [5, 5.41) is 2.16. The zero-order valence-corrected chi connectivity index (χ0v) is 7.91. The van der Waals surface area contributed by atoms with Gasteiger partial charge in [0.2, 0.25) is 0 Å². The maximum Gasteiger partial charge on any atom is 0.123 e. The molecule has 1 atom stereocenters. The van der Waals surface area contributed by atoms with Gasteiger partial charge in [0.15, 0.2) is 0 Å². The van der Waals surface area contributed by atoms with Crippen LogP contribution in [0.25, 0.3) is 5.57 Å². The number of halogens is 1. The van der Waals surface area contributed by atoms with Gasteiger partial charge in [0.25, 0.3) is 0 Å². The standard InChI is InChI=1S/C11H13FN2/c12-9-3-1-8(2-4-9)10-5-6-14-7-11(10)13/h1-5,11,14H,6-7,13H2/p+1. The first-order chi connectivity index (χ1) is 6.77. The molecule has 3 heteroatoms. The number of hydrogen-bond acceptors (Lipinski definition) is 1. The van der Waals surface area contributed by atoms with E-state index in [-0.39, 0.29) is 11.9 Å². The summed E-state index contributed by atoms with van der Waals surface area (Å²) in [6.07, 6.45) is 2.11. The lowest BCUT2D eigenvalue weighted by atomic mass is 9.96. The van der Waals surface area contributed by atoms with Gasteiger partial charge in [0.1, 0.15) is 5.82 Å². The number of rotatable bonds is 1. The molecule has 0 radical (unpaired) electrons. The Morgan fingerprint density at radius 1 is 1.29 bits per heavy atom. The molecule has 0 saturated carbocycles. The van der Waals surface area contributed by atoms with Crippen LogP contribution in [0, 0.1) is 5.82 Å². The largest absolute Gasteiger partial charge is 0.341 e. The highest BCUT2D eigenvalue weighted by molar-refractivity contribution is 5.69. The average molecular weight is 193 g/mol. The Hall–Kier alpha value is -1.19. The van der Waals surface area contributed by atoms with E-state index in [1.54, 1.807) is 12.1 Å². The van der Waals surface area contributed by atoms with Crippen molar-refractivity contribution in [3.63, 3.8) is 0 Å². The minimum absolute atomic E-state index is 0.0641. The van der Waals surface area contributed by atoms with Crippen molar-refractivity contribution in [2.75, 3.05) is 13.1 Å². The van der Waals surface area contributed by atoms with Gasteiger partial charge in [-0.15, -0.1) is 0 Å². The van der Waals surface area contributed by atoms with Crippen molar-refractivity contribution in [3.8, 4) is 0 Å². The first-order valence-electron chi connectivity index (χ1n) is 4.80. The van der Waals surface area contributed by atoms with Crippen LogP contribution in [0.2, 0.25) is 0 Å². The van der Waals surface area contributed by atoms with Gasteiger partial charge >= 0.3 is 0 Å². The second kappa shape index (κ2) is 3.90. The number of quaternary nitrogens is 1. The quantitative estimate of drug-likeness (QED) is 0.653. The normalized spacial score (nSPS) is 21.9. The Balaban J connectivity index is 2.29. The minimum Gasteiger partial charge on any atom is -0.341 e. The topological polar surface area (TPSA) is 42.6 Å². The molecule has 1 unspecified atom stereocenters. The molecule has 0 aliphatic carbocycles. The Morgan fingerprint density at radius 3 is 2.64 bits per heavy atom. The maximum absolute atomic E-state index is 12.7. The molecule has 2 rings (SSSR count). The summed E-state index contributed by atoms with van der Waals surface area (Å²) in [5.41, 5.74) is 8.12. The summed E-state index contributed by atoms with van der Waals surface area (Å²) >= 11 is 0. The van der Waals surface area contributed by atoms with Crippen LogP contribution < -0.4 is 11.1 Å². The van der Waals surface area contributed by atoms with E-state index < -0.39 is 0 Å². The van der Waals surface area contributed by atoms with E-state index in [4.69, 9.17) is 5.73 Å². The van der Waals surface area contributed by atoms with E-state index in [0.717, 1.165) is 24.2 Å². The van der Waals surface area contributed by atoms with Gasteiger partial charge in [0, 0.05) is 0 Å². The molecule has 14 heavy (non-hydrogen) atoms. The van der Waals surface area contributed by atoms with Crippen LogP contribution >= 0.6 is 0 Å². The molecule has 0 bridgehead atoms. The van der Waals surface area contributed by atoms with E-state index in [9.17, 15) is 4.39 Å². The average Bonchev–Trinajstić information content (AvgIpc) is 2.20. The number of nitrogens with two attached hydrogens (primary N) is 2. The fourth-order valence-electron chi connectivity index (χ4n) is 1.74. The SMILES string of the molecule is NC1C[NH2+]CC=C1c1ccc(F)cc1. The molecule has 1 aliphatic rings. The van der Waals surface area contributed by atoms with E-state index >= 15 is 0 Å². The highest BCUT2D eigenvalue weighted by Gasteiger charge is 2.16. The minimum atomic E-state index is -0.203. The van der Waals surface area contributed by atoms with Crippen LogP contribution in [0.3, 0.4) is 0 Å². The highest BCUT2D eigenvalue weighted by Crippen LogP contribution is 2.17. The van der Waals surface area contributed by atoms with E-state index in [0.29, 0.717) is 0 Å². The van der Waals surface area contributed by atoms with Crippen molar-refractivity contribution < 1.29 is 9.71 Å². The van der Waals surface area contributed by atoms with Gasteiger partial charge in [-0.1, -0.05) is 12.1 Å². The summed E-state index contributed by atoms with van der Waals surface area (Å²) in [4.78, 5) is 0. The van der Waals surface area contributed by atoms with Gasteiger partial charge in [-0.25, -0.2) is 4.39 Å². The van der Waals surface area contributed by atoms with Crippen LogP contribution in [-0.2, 0) is 0 Å². The third-order valence-electron chi connectivity index (χ3n) is 2.50. The number of benzene rings is 1. The smallest absolute Gasteiger partial charge is 0.123 e. The lowest BCUT2D eigenvalue weighted by Crippen LogP contribution is -2.88. The zero-order chi connectivity index (χ0) is 9.97. The first-order valence-corrected chi connectivity index (χ1v) is 4.80. The summed E-state index contributed by atoms with van der Waals surface area (Å²) < 4.78 is 12.7. The Bertz CT molecular complexity index is 343. The molecule has 0 amide bonds. The molecule has 4 N–H and O–H groups in total. The van der Waals surface area contributed by atoms with Crippen molar-refractivity contribution >= 4 is 5.57 Å². The molecule has 0 fully saturated rings. The monoisotopic (exact) mass is 193 g/mol. The summed E-state index contributed by atoms with van der Waals surface area (Å²) in [7, 11) is 0. The van der Waals surface area contributed by atoms with Gasteiger partial charge in [-0.05, 0) is 29.3 Å². The number of hydrogen-bond donors (Lipinski definition) is 2. The second-order valence-corrected chi connectivity index (χ2v) is 3.53. The molecule has 2 nitrogen and oxygen atoms in total. The van der Waals surface area contributed by atoms with E-state index in [1.165, 1.54) is 12.1 Å². The van der Waals surface area contributed by atoms with Gasteiger partial charge < -0.3 is 11.1 Å². The molecule has 74 valence electrons. The van der Waals surface area contributed by atoms with Crippen LogP contribution in [0.1, 0.15) is 5.56 Å². The Kier molecular flexibility index (Phi) is 2.61. The van der Waals surface area contributed by atoms with Crippen LogP contribution in [0.15, 0.2) is 30.3 Å². The Labute approximate surface area is 82.6 Å². The molecule has 1 aromatic rings. The van der Waals surface area contributed by atoms with Gasteiger partial charge in [0.05, 0.1) is 19.1 Å². The molecule has 1 aliphatic heterocycles. The Morgan fingerprint density at radius 2 is 2.00 bits per heavy atom. The highest BCUT2D eigenvalue weighted by atomic mass is 19.1. The third-order valence-corrected chi connectivity index (χ3v) is 2.50. The van der Waals surface area contributed by atoms with Crippen molar-refractivity contribution in [3.05, 3.63) is 41.7 Å². The van der Waals surface area contributed by atoms with Crippen molar-refractivity contribution in [2.24, 2.45) is 5.73 Å². The predicted molar refractivity (Wildman–Crippen MR) is 54.0 cm³/mol. The maximum atomic E-state index is 12.7. The first kappa shape index (κ1) is 9.37. The van der Waals surface area contributed by atoms with Gasteiger partial charge in [-0.2, -0.15) is 0 Å². The van der Waals surface area contributed by atoms with Crippen molar-refractivity contribution in [1.82, 2.24) is 0 Å². The van der Waals surface area contributed by atoms with Crippen LogP contribution in [-0.4, -0.2) is 19.1 Å². The van der Waals surface area contributed by atoms with Crippen molar-refractivity contribution in [2.45, 2.75) is 6.04 Å². The molecule has 0 saturated heterocycles. The third kappa shape index (κ3) is 1.84. The molecule has 0 aromatic heterocycles. The molecular weight excluding hydrogens is 179 g/mol. The van der Waals surface area contributed by atoms with E-state index in [2.05, 4.69) is 11.4 Å². The second-order valence-electron chi connectivity index (χ2n) is 3.53. The lowest BCUT2D eigenvalue weighted by molar-refractivity contribution is -0.648. The van der Waals surface area contributed by atoms with Crippen LogP contribution in [0.5, 0.6) is 0 Å². The zero-order valence-electron chi connectivity index (χ0n) is 7.91. The molecule has 1 aromatic carbocycles. The summed E-state index contributed by atoms with van der Waals surface area (Å²) in [5.74, 6) is -0.203. The fourth-order valence-corrected chi connectivity index (χ4v) is 1.74. The van der Waals surface area contributed by atoms with Gasteiger partial charge in [-0.3, -0.25) is 0 Å². The molecule has 0 spiro atoms.